The summed E-state index contributed by atoms with van der Waals surface area (Å²) in [6.07, 6.45) is 0. The molecule has 18 heavy (non-hydrogen) atoms. The zero-order chi connectivity index (χ0) is 12.8. The predicted octanol–water partition coefficient (Wildman–Crippen LogP) is -0.0441. The number of hydrogen-bond donors (Lipinski definition) is 2. The second kappa shape index (κ2) is 6.37. The Labute approximate surface area is 107 Å². The Morgan fingerprint density at radius 1 is 1.39 bits per heavy atom. The summed E-state index contributed by atoms with van der Waals surface area (Å²) < 4.78 is 5.71. The number of amides is 1. The fourth-order valence-electron chi connectivity index (χ4n) is 1.98. The van der Waals surface area contributed by atoms with Crippen molar-refractivity contribution in [3.63, 3.8) is 0 Å². The number of nitrogens with one attached hydrogen (secondary N) is 1. The number of benzene rings is 1. The Hall–Kier alpha value is -1.59. The molecule has 5 heteroatoms. The van der Waals surface area contributed by atoms with E-state index in [-0.39, 0.29) is 5.91 Å². The van der Waals surface area contributed by atoms with Gasteiger partial charge < -0.3 is 15.8 Å². The zero-order valence-electron chi connectivity index (χ0n) is 10.4. The van der Waals surface area contributed by atoms with Crippen molar-refractivity contribution in [2.45, 2.75) is 6.54 Å². The summed E-state index contributed by atoms with van der Waals surface area (Å²) in [4.78, 5) is 13.3. The molecule has 2 rings (SSSR count). The topological polar surface area (TPSA) is 67.6 Å². The number of ether oxygens (including phenoxy) is 1. The normalized spacial score (nSPS) is 16.4. The molecule has 1 amide bonds. The lowest BCUT2D eigenvalue weighted by atomic mass is 10.2. The van der Waals surface area contributed by atoms with Gasteiger partial charge in [-0.1, -0.05) is 18.2 Å². The average molecular weight is 249 g/mol. The first-order valence-corrected chi connectivity index (χ1v) is 6.19. The first kappa shape index (κ1) is 12.9. The molecule has 1 heterocycles. The molecule has 3 N–H and O–H groups in total. The van der Waals surface area contributed by atoms with Crippen molar-refractivity contribution >= 4 is 5.91 Å². The van der Waals surface area contributed by atoms with Gasteiger partial charge in [-0.15, -0.1) is 0 Å². The van der Waals surface area contributed by atoms with E-state index < -0.39 is 0 Å². The van der Waals surface area contributed by atoms with Crippen LogP contribution in [-0.4, -0.2) is 43.6 Å². The van der Waals surface area contributed by atoms with Gasteiger partial charge in [0, 0.05) is 31.7 Å². The minimum Gasteiger partial charge on any atom is -0.492 e. The van der Waals surface area contributed by atoms with Crippen LogP contribution in [0.2, 0.25) is 0 Å². The lowest BCUT2D eigenvalue weighted by Gasteiger charge is -2.26. The van der Waals surface area contributed by atoms with Crippen LogP contribution in [0.3, 0.4) is 0 Å². The SMILES string of the molecule is NCc1ccccc1OCCN1CCNC(=O)C1. The Morgan fingerprint density at radius 2 is 2.22 bits per heavy atom. The zero-order valence-corrected chi connectivity index (χ0v) is 10.4. The minimum absolute atomic E-state index is 0.0867. The molecular formula is C13H19N3O2. The third-order valence-electron chi connectivity index (χ3n) is 2.98. The molecule has 1 aromatic carbocycles. The second-order valence-electron chi connectivity index (χ2n) is 4.29. The van der Waals surface area contributed by atoms with Crippen LogP contribution in [0.1, 0.15) is 5.56 Å². The molecule has 0 bridgehead atoms. The highest BCUT2D eigenvalue weighted by Crippen LogP contribution is 2.16. The molecule has 98 valence electrons. The summed E-state index contributed by atoms with van der Waals surface area (Å²) in [5, 5.41) is 2.80. The fraction of sp³-hybridized carbons (Fsp3) is 0.462. The molecule has 0 saturated carbocycles. The van der Waals surface area contributed by atoms with Crippen molar-refractivity contribution in [1.29, 1.82) is 0 Å². The molecular weight excluding hydrogens is 230 g/mol. The quantitative estimate of drug-likeness (QED) is 0.768. The molecule has 0 atom stereocenters. The lowest BCUT2D eigenvalue weighted by Crippen LogP contribution is -2.48. The van der Waals surface area contributed by atoms with Gasteiger partial charge in [-0.05, 0) is 6.07 Å². The fourth-order valence-corrected chi connectivity index (χ4v) is 1.98. The van der Waals surface area contributed by atoms with Crippen LogP contribution in [0, 0.1) is 0 Å². The molecule has 1 aromatic rings. The van der Waals surface area contributed by atoms with Crippen molar-refractivity contribution in [3.05, 3.63) is 29.8 Å². The summed E-state index contributed by atoms with van der Waals surface area (Å²) in [5.41, 5.74) is 6.65. The number of carbonyl (C=O) groups is 1. The van der Waals surface area contributed by atoms with E-state index in [4.69, 9.17) is 10.5 Å². The molecule has 0 aromatic heterocycles. The highest BCUT2D eigenvalue weighted by molar-refractivity contribution is 5.78. The van der Waals surface area contributed by atoms with Crippen LogP contribution in [0.25, 0.3) is 0 Å². The summed E-state index contributed by atoms with van der Waals surface area (Å²) in [6.45, 7) is 3.87. The van der Waals surface area contributed by atoms with Gasteiger partial charge in [0.05, 0.1) is 6.54 Å². The van der Waals surface area contributed by atoms with Crippen molar-refractivity contribution in [2.75, 3.05) is 32.8 Å². The number of piperazine rings is 1. The maximum atomic E-state index is 11.2. The van der Waals surface area contributed by atoms with Crippen molar-refractivity contribution in [1.82, 2.24) is 10.2 Å². The molecule has 1 aliphatic rings. The van der Waals surface area contributed by atoms with Gasteiger partial charge in [-0.3, -0.25) is 9.69 Å². The summed E-state index contributed by atoms with van der Waals surface area (Å²) in [6, 6.07) is 7.77. The van der Waals surface area contributed by atoms with E-state index in [1.807, 2.05) is 24.3 Å². The van der Waals surface area contributed by atoms with Gasteiger partial charge >= 0.3 is 0 Å². The molecule has 0 spiro atoms. The Bertz CT molecular complexity index is 409. The third kappa shape index (κ3) is 3.45. The smallest absolute Gasteiger partial charge is 0.234 e. The molecule has 0 unspecified atom stereocenters. The highest BCUT2D eigenvalue weighted by Gasteiger charge is 2.15. The Morgan fingerprint density at radius 3 is 3.00 bits per heavy atom. The van der Waals surface area contributed by atoms with Crippen LogP contribution in [-0.2, 0) is 11.3 Å². The standard InChI is InChI=1S/C13H19N3O2/c14-9-11-3-1-2-4-12(11)18-8-7-16-6-5-15-13(17)10-16/h1-4H,5-10,14H2,(H,15,17). The maximum absolute atomic E-state index is 11.2. The van der Waals surface area contributed by atoms with Gasteiger partial charge in [0.1, 0.15) is 12.4 Å². The number of carbonyl (C=O) groups excluding carboxylic acids is 1. The molecule has 0 aliphatic carbocycles. The number of nitrogens with zero attached hydrogens (tertiary/aromatic N) is 1. The first-order valence-electron chi connectivity index (χ1n) is 6.19. The molecule has 1 saturated heterocycles. The molecule has 5 nitrogen and oxygen atoms in total. The van der Waals surface area contributed by atoms with Gasteiger partial charge in [-0.25, -0.2) is 0 Å². The van der Waals surface area contributed by atoms with Gasteiger partial charge in [0.25, 0.3) is 0 Å². The summed E-state index contributed by atoms with van der Waals surface area (Å²) in [5.74, 6) is 0.921. The number of para-hydroxylation sites is 1. The van der Waals surface area contributed by atoms with Gasteiger partial charge in [-0.2, -0.15) is 0 Å². The van der Waals surface area contributed by atoms with Gasteiger partial charge in [0.15, 0.2) is 0 Å². The first-order chi connectivity index (χ1) is 8.79. The summed E-state index contributed by atoms with van der Waals surface area (Å²) in [7, 11) is 0. The number of hydrogen-bond acceptors (Lipinski definition) is 4. The van der Waals surface area contributed by atoms with Crippen LogP contribution in [0.4, 0.5) is 0 Å². The van der Waals surface area contributed by atoms with E-state index in [0.29, 0.717) is 19.7 Å². The number of nitrogens with two attached hydrogens (primary N) is 1. The predicted molar refractivity (Wildman–Crippen MR) is 69.3 cm³/mol. The van der Waals surface area contributed by atoms with E-state index >= 15 is 0 Å². The highest BCUT2D eigenvalue weighted by atomic mass is 16.5. The van der Waals surface area contributed by atoms with E-state index in [2.05, 4.69) is 10.2 Å². The molecule has 1 fully saturated rings. The van der Waals surface area contributed by atoms with E-state index in [9.17, 15) is 4.79 Å². The lowest BCUT2D eigenvalue weighted by molar-refractivity contribution is -0.124. The monoisotopic (exact) mass is 249 g/mol. The van der Waals surface area contributed by atoms with Crippen LogP contribution >= 0.6 is 0 Å². The largest absolute Gasteiger partial charge is 0.492 e. The average Bonchev–Trinajstić information content (AvgIpc) is 2.39. The van der Waals surface area contributed by atoms with Crippen molar-refractivity contribution < 1.29 is 9.53 Å². The van der Waals surface area contributed by atoms with Gasteiger partial charge in [0.2, 0.25) is 5.91 Å². The van der Waals surface area contributed by atoms with Crippen molar-refractivity contribution in [3.8, 4) is 5.75 Å². The van der Waals surface area contributed by atoms with Crippen LogP contribution in [0.15, 0.2) is 24.3 Å². The van der Waals surface area contributed by atoms with E-state index in [0.717, 1.165) is 30.9 Å². The van der Waals surface area contributed by atoms with E-state index in [1.54, 1.807) is 0 Å². The second-order valence-corrected chi connectivity index (χ2v) is 4.29. The van der Waals surface area contributed by atoms with Crippen molar-refractivity contribution in [2.24, 2.45) is 5.73 Å². The van der Waals surface area contributed by atoms with Crippen LogP contribution in [0.5, 0.6) is 5.75 Å². The third-order valence-corrected chi connectivity index (χ3v) is 2.98. The Kier molecular flexibility index (Phi) is 4.55. The van der Waals surface area contributed by atoms with Crippen LogP contribution < -0.4 is 15.8 Å². The van der Waals surface area contributed by atoms with E-state index in [1.165, 1.54) is 0 Å². The maximum Gasteiger partial charge on any atom is 0.234 e. The Balaban J connectivity index is 1.79. The number of rotatable bonds is 5. The molecule has 0 radical (unpaired) electrons. The molecule has 1 aliphatic heterocycles. The summed E-state index contributed by atoms with van der Waals surface area (Å²) >= 11 is 0. The minimum atomic E-state index is 0.0867.